The molecule has 6 nitrogen and oxygen atoms in total. The van der Waals surface area contributed by atoms with E-state index < -0.39 is 0 Å². The van der Waals surface area contributed by atoms with Crippen molar-refractivity contribution in [2.75, 3.05) is 5.32 Å². The van der Waals surface area contributed by atoms with Crippen molar-refractivity contribution >= 4 is 27.5 Å². The number of fused-ring (bicyclic) bond motifs is 6. The molecule has 3 aromatic heterocycles. The van der Waals surface area contributed by atoms with Gasteiger partial charge in [0, 0.05) is 35.6 Å². The first kappa shape index (κ1) is 24.4. The maximum atomic E-state index is 6.30. The molecule has 0 fully saturated rings. The van der Waals surface area contributed by atoms with E-state index in [0.29, 0.717) is 18.2 Å². The molecule has 0 unspecified atom stereocenters. The van der Waals surface area contributed by atoms with Gasteiger partial charge >= 0.3 is 21.1 Å². The summed E-state index contributed by atoms with van der Waals surface area (Å²) in [4.78, 5) is 9.25. The number of benzene rings is 3. The Kier molecular flexibility index (Phi) is 5.88. The normalized spacial score (nSPS) is 12.5. The predicted molar refractivity (Wildman–Crippen MR) is 146 cm³/mol. The number of para-hydroxylation sites is 1. The standard InChI is InChI=1S/C31H25N5O.Pt/c1-31(2,3)20-12-13-32-29(16-20)36-27-7-5-4-6-23(27)24-10-8-22(18-28(24)36)37-21-9-11-26-25(17-21)30-33-14-15-35(30)19-34-26;/h4-16,34H,19H2,1-3H3;/q-2;+2. The molecule has 0 radical (unpaired) electrons. The van der Waals surface area contributed by atoms with E-state index in [1.807, 2.05) is 30.6 Å². The molecule has 0 saturated heterocycles. The Morgan fingerprint density at radius 3 is 2.58 bits per heavy atom. The van der Waals surface area contributed by atoms with Gasteiger partial charge in [0.05, 0.1) is 12.5 Å². The molecular formula is C31H25N5OPt. The minimum atomic E-state index is 0. The van der Waals surface area contributed by atoms with Gasteiger partial charge in [0.2, 0.25) is 0 Å². The summed E-state index contributed by atoms with van der Waals surface area (Å²) < 4.78 is 10.5. The number of nitrogens with one attached hydrogen (secondary N) is 1. The van der Waals surface area contributed by atoms with Crippen LogP contribution >= 0.6 is 0 Å². The van der Waals surface area contributed by atoms with E-state index in [9.17, 15) is 0 Å². The molecule has 0 spiro atoms. The number of aromatic nitrogens is 4. The first-order chi connectivity index (χ1) is 18.0. The Balaban J connectivity index is 0.00000264. The molecule has 4 heterocycles. The van der Waals surface area contributed by atoms with Gasteiger partial charge in [0.1, 0.15) is 5.82 Å². The van der Waals surface area contributed by atoms with Gasteiger partial charge in [-0.25, -0.2) is 4.98 Å². The number of rotatable bonds is 3. The van der Waals surface area contributed by atoms with Crippen LogP contribution in [0.1, 0.15) is 26.3 Å². The SMILES string of the molecule is CC(C)(C)c1ccnc(-n2c3[c-]c(Oc4[c-]c5c(cc4)NCn4ccnc4-5)ccc3c3ccccc32)c1.[Pt+2]. The second-order valence-electron chi connectivity index (χ2n) is 10.4. The summed E-state index contributed by atoms with van der Waals surface area (Å²) in [7, 11) is 0. The van der Waals surface area contributed by atoms with Crippen LogP contribution in [0.25, 0.3) is 39.0 Å². The van der Waals surface area contributed by atoms with Crippen molar-refractivity contribution in [2.24, 2.45) is 0 Å². The van der Waals surface area contributed by atoms with Gasteiger partial charge in [0.25, 0.3) is 0 Å². The van der Waals surface area contributed by atoms with Crippen LogP contribution in [-0.2, 0) is 33.1 Å². The van der Waals surface area contributed by atoms with Crippen molar-refractivity contribution in [3.8, 4) is 28.7 Å². The minimum Gasteiger partial charge on any atom is -0.503 e. The van der Waals surface area contributed by atoms with E-state index in [1.165, 1.54) is 5.56 Å². The summed E-state index contributed by atoms with van der Waals surface area (Å²) in [5, 5.41) is 5.65. The van der Waals surface area contributed by atoms with Gasteiger partial charge in [-0.1, -0.05) is 62.2 Å². The monoisotopic (exact) mass is 678 g/mol. The zero-order chi connectivity index (χ0) is 25.1. The maximum Gasteiger partial charge on any atom is 2.00 e. The number of hydrogen-bond donors (Lipinski definition) is 1. The third-order valence-electron chi connectivity index (χ3n) is 6.92. The van der Waals surface area contributed by atoms with E-state index in [-0.39, 0.29) is 26.5 Å². The molecule has 1 aliphatic heterocycles. The van der Waals surface area contributed by atoms with Crippen molar-refractivity contribution in [3.05, 3.63) is 97.0 Å². The van der Waals surface area contributed by atoms with Crippen LogP contribution in [0.2, 0.25) is 0 Å². The van der Waals surface area contributed by atoms with Crippen LogP contribution in [0.4, 0.5) is 5.69 Å². The van der Waals surface area contributed by atoms with Crippen molar-refractivity contribution in [1.82, 2.24) is 19.1 Å². The summed E-state index contributed by atoms with van der Waals surface area (Å²) in [6, 6.07) is 27.6. The van der Waals surface area contributed by atoms with Gasteiger partial charge in [-0.15, -0.1) is 23.6 Å². The van der Waals surface area contributed by atoms with Crippen LogP contribution in [0, 0.1) is 12.1 Å². The zero-order valence-corrected chi connectivity index (χ0v) is 23.5. The van der Waals surface area contributed by atoms with Gasteiger partial charge in [-0.3, -0.25) is 4.98 Å². The molecule has 190 valence electrons. The van der Waals surface area contributed by atoms with Crippen molar-refractivity contribution in [3.63, 3.8) is 0 Å². The molecule has 38 heavy (non-hydrogen) atoms. The Labute approximate surface area is 235 Å². The summed E-state index contributed by atoms with van der Waals surface area (Å²) in [5.41, 5.74) is 5.14. The van der Waals surface area contributed by atoms with Crippen LogP contribution in [0.5, 0.6) is 11.5 Å². The third-order valence-corrected chi connectivity index (χ3v) is 6.92. The number of anilines is 1. The van der Waals surface area contributed by atoms with E-state index >= 15 is 0 Å². The Bertz CT molecular complexity index is 1810. The summed E-state index contributed by atoms with van der Waals surface area (Å²) in [5.74, 6) is 2.98. The average molecular weight is 679 g/mol. The maximum absolute atomic E-state index is 6.30. The molecule has 0 aliphatic carbocycles. The van der Waals surface area contributed by atoms with E-state index in [2.05, 4.69) is 94.8 Å². The molecule has 0 bridgehead atoms. The second kappa shape index (κ2) is 9.14. The molecule has 0 saturated carbocycles. The first-order valence-corrected chi connectivity index (χ1v) is 12.4. The van der Waals surface area contributed by atoms with Crippen LogP contribution in [0.3, 0.4) is 0 Å². The van der Waals surface area contributed by atoms with Gasteiger partial charge in [-0.2, -0.15) is 6.07 Å². The quantitative estimate of drug-likeness (QED) is 0.203. The van der Waals surface area contributed by atoms with E-state index in [4.69, 9.17) is 9.72 Å². The Morgan fingerprint density at radius 2 is 1.71 bits per heavy atom. The Hall–Kier alpha value is -3.89. The van der Waals surface area contributed by atoms with E-state index in [0.717, 1.165) is 44.7 Å². The molecule has 0 amide bonds. The van der Waals surface area contributed by atoms with E-state index in [1.54, 1.807) is 6.20 Å². The number of imidazole rings is 1. The summed E-state index contributed by atoms with van der Waals surface area (Å²) in [6.45, 7) is 7.34. The second-order valence-corrected chi connectivity index (χ2v) is 10.4. The van der Waals surface area contributed by atoms with Gasteiger partial charge < -0.3 is 19.2 Å². The van der Waals surface area contributed by atoms with Crippen molar-refractivity contribution < 1.29 is 25.8 Å². The topological polar surface area (TPSA) is 56.9 Å². The van der Waals surface area contributed by atoms with Gasteiger partial charge in [0.15, 0.2) is 0 Å². The fraction of sp³-hybridized carbons (Fsp3) is 0.161. The minimum absolute atomic E-state index is 0. The molecule has 6 aromatic rings. The number of hydrogen-bond acceptors (Lipinski definition) is 4. The smallest absolute Gasteiger partial charge is 0.503 e. The molecule has 7 rings (SSSR count). The molecule has 1 N–H and O–H groups in total. The fourth-order valence-corrected chi connectivity index (χ4v) is 4.99. The van der Waals surface area contributed by atoms with Crippen LogP contribution in [0.15, 0.2) is 79.3 Å². The number of ether oxygens (including phenoxy) is 1. The molecule has 0 atom stereocenters. The summed E-state index contributed by atoms with van der Waals surface area (Å²) in [6.07, 6.45) is 5.64. The van der Waals surface area contributed by atoms with Crippen molar-refractivity contribution in [2.45, 2.75) is 32.9 Å². The first-order valence-electron chi connectivity index (χ1n) is 12.4. The fourth-order valence-electron chi connectivity index (χ4n) is 4.99. The largest absolute Gasteiger partial charge is 2.00 e. The molecular weight excluding hydrogens is 653 g/mol. The van der Waals surface area contributed by atoms with Gasteiger partial charge in [-0.05, 0) is 40.3 Å². The Morgan fingerprint density at radius 1 is 0.895 bits per heavy atom. The molecule has 3 aromatic carbocycles. The van der Waals surface area contributed by atoms with Crippen LogP contribution in [-0.4, -0.2) is 19.1 Å². The molecule has 1 aliphatic rings. The summed E-state index contributed by atoms with van der Waals surface area (Å²) >= 11 is 0. The molecule has 7 heteroatoms. The third kappa shape index (κ3) is 4.00. The number of nitrogens with zero attached hydrogens (tertiary/aromatic N) is 4. The predicted octanol–water partition coefficient (Wildman–Crippen LogP) is 7.11. The zero-order valence-electron chi connectivity index (χ0n) is 21.2. The average Bonchev–Trinajstić information content (AvgIpc) is 3.51. The van der Waals surface area contributed by atoms with Crippen LogP contribution < -0.4 is 10.1 Å². The number of pyridine rings is 1. The van der Waals surface area contributed by atoms with Crippen molar-refractivity contribution in [1.29, 1.82) is 0 Å².